The summed E-state index contributed by atoms with van der Waals surface area (Å²) in [7, 11) is 1.47. The van der Waals surface area contributed by atoms with E-state index >= 15 is 0 Å². The van der Waals surface area contributed by atoms with Crippen molar-refractivity contribution in [3.63, 3.8) is 0 Å². The van der Waals surface area contributed by atoms with Gasteiger partial charge in [-0.1, -0.05) is 28.1 Å². The van der Waals surface area contributed by atoms with Crippen LogP contribution in [0.2, 0.25) is 0 Å². The van der Waals surface area contributed by atoms with Crippen molar-refractivity contribution in [1.82, 2.24) is 0 Å². The third kappa shape index (κ3) is 2.45. The molecule has 4 heteroatoms. The summed E-state index contributed by atoms with van der Waals surface area (Å²) in [5.41, 5.74) is 0.685. The number of ketones is 1. The molecular weight excluding hydrogens is 260 g/mol. The normalized spacial score (nSPS) is 11.9. The highest BCUT2D eigenvalue weighted by Gasteiger charge is 2.20. The number of carbonyl (C=O) groups is 2. The minimum absolute atomic E-state index is 0.158. The number of halogens is 1. The first-order valence-corrected chi connectivity index (χ1v) is 5.33. The Balaban J connectivity index is 3.34. The van der Waals surface area contributed by atoms with Crippen LogP contribution in [0, 0.1) is 0 Å². The SMILES string of the molecule is COc1cccc(C=O)c1C(=O)C(C)Br. The van der Waals surface area contributed by atoms with Crippen molar-refractivity contribution < 1.29 is 14.3 Å². The molecule has 0 spiro atoms. The first-order chi connectivity index (χ1) is 7.11. The van der Waals surface area contributed by atoms with Crippen LogP contribution in [0.25, 0.3) is 0 Å². The summed E-state index contributed by atoms with van der Waals surface area (Å²) in [6.07, 6.45) is 0.658. The smallest absolute Gasteiger partial charge is 0.180 e. The largest absolute Gasteiger partial charge is 0.496 e. The molecule has 0 saturated heterocycles. The second-order valence-electron chi connectivity index (χ2n) is 3.02. The zero-order chi connectivity index (χ0) is 11.4. The van der Waals surface area contributed by atoms with E-state index in [2.05, 4.69) is 15.9 Å². The van der Waals surface area contributed by atoms with Gasteiger partial charge in [-0.2, -0.15) is 0 Å². The maximum Gasteiger partial charge on any atom is 0.180 e. The van der Waals surface area contributed by atoms with Gasteiger partial charge in [-0.05, 0) is 13.0 Å². The number of methoxy groups -OCH3 is 1. The minimum Gasteiger partial charge on any atom is -0.496 e. The van der Waals surface area contributed by atoms with Gasteiger partial charge in [0, 0.05) is 5.56 Å². The van der Waals surface area contributed by atoms with Crippen molar-refractivity contribution in [3.05, 3.63) is 29.3 Å². The van der Waals surface area contributed by atoms with Crippen LogP contribution in [0.3, 0.4) is 0 Å². The lowest BCUT2D eigenvalue weighted by Gasteiger charge is -2.10. The molecule has 80 valence electrons. The van der Waals surface area contributed by atoms with E-state index < -0.39 is 0 Å². The van der Waals surface area contributed by atoms with Gasteiger partial charge in [0.15, 0.2) is 12.1 Å². The summed E-state index contributed by atoms with van der Waals surface area (Å²) >= 11 is 3.18. The molecule has 0 aliphatic rings. The Bertz CT molecular complexity index is 385. The molecule has 1 aromatic carbocycles. The number of rotatable bonds is 4. The van der Waals surface area contributed by atoms with Crippen molar-refractivity contribution in [1.29, 1.82) is 0 Å². The molecule has 0 aliphatic heterocycles. The number of hydrogen-bond acceptors (Lipinski definition) is 3. The molecule has 3 nitrogen and oxygen atoms in total. The van der Waals surface area contributed by atoms with E-state index in [1.807, 2.05) is 0 Å². The first-order valence-electron chi connectivity index (χ1n) is 4.42. The quantitative estimate of drug-likeness (QED) is 0.480. The molecule has 0 amide bonds. The van der Waals surface area contributed by atoms with Gasteiger partial charge in [-0.15, -0.1) is 0 Å². The van der Waals surface area contributed by atoms with Crippen LogP contribution in [0.4, 0.5) is 0 Å². The van der Waals surface area contributed by atoms with Crippen LogP contribution in [-0.4, -0.2) is 24.0 Å². The maximum atomic E-state index is 11.8. The Kier molecular flexibility index (Phi) is 4.03. The lowest BCUT2D eigenvalue weighted by molar-refractivity contribution is 0.0986. The van der Waals surface area contributed by atoms with E-state index in [0.29, 0.717) is 23.2 Å². The van der Waals surface area contributed by atoms with Crippen LogP contribution < -0.4 is 4.74 Å². The highest BCUT2D eigenvalue weighted by molar-refractivity contribution is 9.10. The minimum atomic E-state index is -0.340. The van der Waals surface area contributed by atoms with Gasteiger partial charge in [0.05, 0.1) is 17.5 Å². The topological polar surface area (TPSA) is 43.4 Å². The Morgan fingerprint density at radius 1 is 1.53 bits per heavy atom. The zero-order valence-corrected chi connectivity index (χ0v) is 10.1. The molecule has 0 saturated carbocycles. The lowest BCUT2D eigenvalue weighted by atomic mass is 10.0. The molecule has 0 fully saturated rings. The Hall–Kier alpha value is -1.16. The molecule has 0 aliphatic carbocycles. The molecule has 0 heterocycles. The number of carbonyl (C=O) groups excluding carboxylic acids is 2. The second kappa shape index (κ2) is 5.07. The molecule has 1 atom stereocenters. The van der Waals surface area contributed by atoms with E-state index in [4.69, 9.17) is 4.74 Å². The van der Waals surface area contributed by atoms with Gasteiger partial charge in [0.2, 0.25) is 0 Å². The van der Waals surface area contributed by atoms with Gasteiger partial charge >= 0.3 is 0 Å². The fraction of sp³-hybridized carbons (Fsp3) is 0.273. The molecular formula is C11H11BrO3. The van der Waals surface area contributed by atoms with Gasteiger partial charge in [-0.3, -0.25) is 9.59 Å². The molecule has 15 heavy (non-hydrogen) atoms. The van der Waals surface area contributed by atoms with E-state index in [0.717, 1.165) is 0 Å². The van der Waals surface area contributed by atoms with Crippen LogP contribution >= 0.6 is 15.9 Å². The summed E-state index contributed by atoms with van der Waals surface area (Å²) in [6, 6.07) is 4.94. The summed E-state index contributed by atoms with van der Waals surface area (Å²) in [4.78, 5) is 22.3. The monoisotopic (exact) mass is 270 g/mol. The summed E-state index contributed by atoms with van der Waals surface area (Å²) in [5, 5.41) is 0. The molecule has 1 rings (SSSR count). The van der Waals surface area contributed by atoms with Gasteiger partial charge < -0.3 is 4.74 Å². The maximum absolute atomic E-state index is 11.8. The van der Waals surface area contributed by atoms with E-state index in [9.17, 15) is 9.59 Å². The first kappa shape index (κ1) is 11.9. The Morgan fingerprint density at radius 3 is 2.67 bits per heavy atom. The summed E-state index contributed by atoms with van der Waals surface area (Å²) < 4.78 is 5.06. The highest BCUT2D eigenvalue weighted by atomic mass is 79.9. The predicted molar refractivity (Wildman–Crippen MR) is 61.1 cm³/mol. The van der Waals surface area contributed by atoms with Crippen molar-refractivity contribution in [3.8, 4) is 5.75 Å². The number of ether oxygens (including phenoxy) is 1. The van der Waals surface area contributed by atoms with Crippen molar-refractivity contribution in [2.75, 3.05) is 7.11 Å². The van der Waals surface area contributed by atoms with Crippen LogP contribution in [0.1, 0.15) is 27.6 Å². The van der Waals surface area contributed by atoms with Crippen LogP contribution in [0.5, 0.6) is 5.75 Å². The Labute approximate surface area is 96.6 Å². The molecule has 0 N–H and O–H groups in total. The summed E-state index contributed by atoms with van der Waals surface area (Å²) in [6.45, 7) is 1.71. The standard InChI is InChI=1S/C11H11BrO3/c1-7(12)11(14)10-8(6-13)4-3-5-9(10)15-2/h3-7H,1-2H3. The van der Waals surface area contributed by atoms with Crippen molar-refractivity contribution in [2.24, 2.45) is 0 Å². The molecule has 0 bridgehead atoms. The zero-order valence-electron chi connectivity index (χ0n) is 8.49. The molecule has 1 aromatic rings. The third-order valence-corrected chi connectivity index (χ3v) is 2.43. The van der Waals surface area contributed by atoms with Crippen molar-refractivity contribution in [2.45, 2.75) is 11.8 Å². The number of benzene rings is 1. The number of alkyl halides is 1. The van der Waals surface area contributed by atoms with Crippen LogP contribution in [0.15, 0.2) is 18.2 Å². The van der Waals surface area contributed by atoms with Crippen molar-refractivity contribution >= 4 is 28.0 Å². The van der Waals surface area contributed by atoms with Gasteiger partial charge in [-0.25, -0.2) is 0 Å². The average Bonchev–Trinajstić information content (AvgIpc) is 2.26. The average molecular weight is 271 g/mol. The summed E-state index contributed by atoms with van der Waals surface area (Å²) in [5.74, 6) is 0.269. The lowest BCUT2D eigenvalue weighted by Crippen LogP contribution is -2.14. The Morgan fingerprint density at radius 2 is 2.20 bits per heavy atom. The van der Waals surface area contributed by atoms with E-state index in [1.54, 1.807) is 25.1 Å². The predicted octanol–water partition coefficient (Wildman–Crippen LogP) is 2.47. The fourth-order valence-electron chi connectivity index (χ4n) is 1.28. The fourth-order valence-corrected chi connectivity index (χ4v) is 1.51. The third-order valence-electron chi connectivity index (χ3n) is 2.01. The molecule has 1 unspecified atom stereocenters. The number of hydrogen-bond donors (Lipinski definition) is 0. The van der Waals surface area contributed by atoms with E-state index in [1.165, 1.54) is 7.11 Å². The van der Waals surface area contributed by atoms with Crippen LogP contribution in [-0.2, 0) is 0 Å². The number of aldehydes is 1. The molecule has 0 aromatic heterocycles. The van der Waals surface area contributed by atoms with Gasteiger partial charge in [0.25, 0.3) is 0 Å². The van der Waals surface area contributed by atoms with E-state index in [-0.39, 0.29) is 10.6 Å². The number of Topliss-reactive ketones (excluding diaryl/α,β-unsaturated/α-hetero) is 1. The molecule has 0 radical (unpaired) electrons. The second-order valence-corrected chi connectivity index (χ2v) is 4.40. The van der Waals surface area contributed by atoms with Gasteiger partial charge in [0.1, 0.15) is 5.75 Å². The highest BCUT2D eigenvalue weighted by Crippen LogP contribution is 2.24.